The highest BCUT2D eigenvalue weighted by Crippen LogP contribution is 2.14. The predicted octanol–water partition coefficient (Wildman–Crippen LogP) is 2.81. The van der Waals surface area contributed by atoms with Gasteiger partial charge < -0.3 is 5.73 Å². The molecule has 0 atom stereocenters. The summed E-state index contributed by atoms with van der Waals surface area (Å²) in [4.78, 5) is 4.04. The lowest BCUT2D eigenvalue weighted by Crippen LogP contribution is -2.00. The number of hydrogen-bond donors (Lipinski definition) is 1. The maximum atomic E-state index is 5.70. The Kier molecular flexibility index (Phi) is 5.94. The van der Waals surface area contributed by atoms with E-state index in [9.17, 15) is 0 Å². The van der Waals surface area contributed by atoms with E-state index in [1.165, 1.54) is 11.1 Å². The minimum atomic E-state index is 0.687. The summed E-state index contributed by atoms with van der Waals surface area (Å²) in [6.45, 7) is 8.24. The molecule has 13 heavy (non-hydrogen) atoms. The van der Waals surface area contributed by atoms with Gasteiger partial charge in [0.25, 0.3) is 0 Å². The lowest BCUT2D eigenvalue weighted by Gasteiger charge is -2.06. The predicted molar refractivity (Wildman–Crippen MR) is 58.8 cm³/mol. The zero-order valence-electron chi connectivity index (χ0n) is 9.09. The van der Waals surface area contributed by atoms with Gasteiger partial charge in [-0.05, 0) is 30.0 Å². The van der Waals surface area contributed by atoms with Gasteiger partial charge in [-0.3, -0.25) is 0 Å². The maximum Gasteiger partial charge on any atom is 0.126 e. The molecule has 74 valence electrons. The molecular formula is C11H20N2. The Morgan fingerprint density at radius 2 is 1.85 bits per heavy atom. The Labute approximate surface area is 81.2 Å². The van der Waals surface area contributed by atoms with Crippen LogP contribution in [0.15, 0.2) is 12.3 Å². The number of nitrogen functional groups attached to an aromatic ring is 1. The molecule has 0 saturated heterocycles. The number of aryl methyl sites for hydroxylation is 1. The maximum absolute atomic E-state index is 5.70. The third-order valence-corrected chi connectivity index (χ3v) is 1.92. The van der Waals surface area contributed by atoms with E-state index in [2.05, 4.69) is 18.8 Å². The number of anilines is 1. The normalized spacial score (nSPS) is 8.92. The van der Waals surface area contributed by atoms with Gasteiger partial charge in [0.2, 0.25) is 0 Å². The van der Waals surface area contributed by atoms with E-state index < -0.39 is 0 Å². The third-order valence-electron chi connectivity index (χ3n) is 1.92. The molecule has 0 bridgehead atoms. The molecule has 1 aromatic rings. The molecule has 0 saturated carbocycles. The fourth-order valence-corrected chi connectivity index (χ4v) is 1.29. The average molecular weight is 180 g/mol. The van der Waals surface area contributed by atoms with Crippen LogP contribution in [0.3, 0.4) is 0 Å². The van der Waals surface area contributed by atoms with Crippen LogP contribution in [0.25, 0.3) is 0 Å². The highest BCUT2D eigenvalue weighted by atomic mass is 14.8. The van der Waals surface area contributed by atoms with Gasteiger partial charge in [0.05, 0.1) is 0 Å². The van der Waals surface area contributed by atoms with Crippen molar-refractivity contribution in [3.63, 3.8) is 0 Å². The van der Waals surface area contributed by atoms with Gasteiger partial charge in [0.1, 0.15) is 5.82 Å². The lowest BCUT2D eigenvalue weighted by atomic mass is 10.1. The second-order valence-electron chi connectivity index (χ2n) is 2.54. The number of nitrogens with zero attached hydrogens (tertiary/aromatic N) is 1. The van der Waals surface area contributed by atoms with Crippen molar-refractivity contribution in [2.24, 2.45) is 0 Å². The molecule has 0 fully saturated rings. The molecule has 1 heterocycles. The van der Waals surface area contributed by atoms with E-state index >= 15 is 0 Å². The molecule has 0 radical (unpaired) electrons. The number of hydrogen-bond acceptors (Lipinski definition) is 2. The van der Waals surface area contributed by atoms with Crippen molar-refractivity contribution in [3.05, 3.63) is 23.4 Å². The summed E-state index contributed by atoms with van der Waals surface area (Å²) in [6.07, 6.45) is 3.78. The molecule has 0 aliphatic carbocycles. The Balaban J connectivity index is 0.000000671. The standard InChI is InChI=1S/C9H14N2.C2H6/c1-3-7-5-6-11-9(10)8(7)4-2;1-2/h5-6H,3-4H2,1-2H3,(H2,10,11);1-2H3. The second kappa shape index (κ2) is 6.46. The molecule has 0 aliphatic heterocycles. The van der Waals surface area contributed by atoms with Gasteiger partial charge >= 0.3 is 0 Å². The SMILES string of the molecule is CC.CCc1ccnc(N)c1CC. The topological polar surface area (TPSA) is 38.9 Å². The van der Waals surface area contributed by atoms with Gasteiger partial charge in [-0.15, -0.1) is 0 Å². The van der Waals surface area contributed by atoms with Crippen LogP contribution in [0, 0.1) is 0 Å². The lowest BCUT2D eigenvalue weighted by molar-refractivity contribution is 1.02. The zero-order chi connectivity index (χ0) is 10.3. The molecule has 0 aliphatic rings. The van der Waals surface area contributed by atoms with Crippen LogP contribution in [-0.4, -0.2) is 4.98 Å². The molecule has 2 nitrogen and oxygen atoms in total. The van der Waals surface area contributed by atoms with E-state index in [0.717, 1.165) is 12.8 Å². The first-order valence-corrected chi connectivity index (χ1v) is 5.01. The van der Waals surface area contributed by atoms with Crippen LogP contribution in [0.2, 0.25) is 0 Å². The quantitative estimate of drug-likeness (QED) is 0.760. The van der Waals surface area contributed by atoms with E-state index in [1.807, 2.05) is 19.9 Å². The first-order valence-electron chi connectivity index (χ1n) is 5.01. The third kappa shape index (κ3) is 3.05. The number of nitrogens with two attached hydrogens (primary N) is 1. The first-order chi connectivity index (χ1) is 6.29. The van der Waals surface area contributed by atoms with Crippen molar-refractivity contribution < 1.29 is 0 Å². The fraction of sp³-hybridized carbons (Fsp3) is 0.545. The molecular weight excluding hydrogens is 160 g/mol. The first kappa shape index (κ1) is 11.9. The monoisotopic (exact) mass is 180 g/mol. The van der Waals surface area contributed by atoms with Gasteiger partial charge in [-0.1, -0.05) is 27.7 Å². The van der Waals surface area contributed by atoms with Crippen LogP contribution < -0.4 is 5.73 Å². The van der Waals surface area contributed by atoms with Gasteiger partial charge in [-0.25, -0.2) is 4.98 Å². The smallest absolute Gasteiger partial charge is 0.126 e. The fourth-order valence-electron chi connectivity index (χ4n) is 1.29. The minimum absolute atomic E-state index is 0.687. The number of aromatic nitrogens is 1. The molecule has 0 amide bonds. The number of pyridine rings is 1. The van der Waals surface area contributed by atoms with Crippen LogP contribution in [0.4, 0.5) is 5.82 Å². The Morgan fingerprint density at radius 1 is 1.23 bits per heavy atom. The van der Waals surface area contributed by atoms with Gasteiger partial charge in [0.15, 0.2) is 0 Å². The van der Waals surface area contributed by atoms with Crippen LogP contribution in [0.1, 0.15) is 38.8 Å². The zero-order valence-corrected chi connectivity index (χ0v) is 9.09. The van der Waals surface area contributed by atoms with Crippen LogP contribution in [-0.2, 0) is 12.8 Å². The largest absolute Gasteiger partial charge is 0.383 e. The summed E-state index contributed by atoms with van der Waals surface area (Å²) >= 11 is 0. The van der Waals surface area contributed by atoms with E-state index in [4.69, 9.17) is 5.73 Å². The van der Waals surface area contributed by atoms with Crippen molar-refractivity contribution in [2.75, 3.05) is 5.73 Å². The van der Waals surface area contributed by atoms with Gasteiger partial charge in [0, 0.05) is 6.20 Å². The molecule has 2 heteroatoms. The van der Waals surface area contributed by atoms with Crippen molar-refractivity contribution >= 4 is 5.82 Å². The summed E-state index contributed by atoms with van der Waals surface area (Å²) in [7, 11) is 0. The number of rotatable bonds is 2. The Hall–Kier alpha value is -1.05. The molecule has 0 aromatic carbocycles. The van der Waals surface area contributed by atoms with Crippen molar-refractivity contribution in [2.45, 2.75) is 40.5 Å². The van der Waals surface area contributed by atoms with E-state index in [-0.39, 0.29) is 0 Å². The minimum Gasteiger partial charge on any atom is -0.383 e. The summed E-state index contributed by atoms with van der Waals surface area (Å²) in [5, 5.41) is 0. The summed E-state index contributed by atoms with van der Waals surface area (Å²) in [5.41, 5.74) is 8.22. The van der Waals surface area contributed by atoms with E-state index in [1.54, 1.807) is 6.20 Å². The summed E-state index contributed by atoms with van der Waals surface area (Å²) in [6, 6.07) is 2.04. The van der Waals surface area contributed by atoms with Crippen LogP contribution in [0.5, 0.6) is 0 Å². The van der Waals surface area contributed by atoms with Crippen LogP contribution >= 0.6 is 0 Å². The molecule has 0 spiro atoms. The molecule has 1 rings (SSSR count). The summed E-state index contributed by atoms with van der Waals surface area (Å²) < 4.78 is 0. The van der Waals surface area contributed by atoms with Crippen molar-refractivity contribution in [3.8, 4) is 0 Å². The highest BCUT2D eigenvalue weighted by Gasteiger charge is 2.01. The highest BCUT2D eigenvalue weighted by molar-refractivity contribution is 5.44. The Bertz CT molecular complexity index is 244. The second-order valence-corrected chi connectivity index (χ2v) is 2.54. The summed E-state index contributed by atoms with van der Waals surface area (Å²) in [5.74, 6) is 0.687. The van der Waals surface area contributed by atoms with Gasteiger partial charge in [-0.2, -0.15) is 0 Å². The Morgan fingerprint density at radius 3 is 2.23 bits per heavy atom. The molecule has 1 aromatic heterocycles. The average Bonchev–Trinajstić information content (AvgIpc) is 2.20. The van der Waals surface area contributed by atoms with E-state index in [0.29, 0.717) is 5.82 Å². The van der Waals surface area contributed by atoms with Crippen molar-refractivity contribution in [1.82, 2.24) is 4.98 Å². The van der Waals surface area contributed by atoms with Crippen molar-refractivity contribution in [1.29, 1.82) is 0 Å². The molecule has 0 unspecified atom stereocenters. The molecule has 2 N–H and O–H groups in total.